The Hall–Kier alpha value is -1.59. The zero-order valence-corrected chi connectivity index (χ0v) is 13.8. The van der Waals surface area contributed by atoms with Gasteiger partial charge in [-0.25, -0.2) is 0 Å². The molecule has 5 heteroatoms. The number of hydrogen-bond donors (Lipinski definition) is 1. The topological polar surface area (TPSA) is 44.8 Å². The Morgan fingerprint density at radius 2 is 2.32 bits per heavy atom. The average molecular weight is 305 g/mol. The van der Waals surface area contributed by atoms with Crippen molar-refractivity contribution in [3.63, 3.8) is 0 Å². The van der Waals surface area contributed by atoms with Crippen LogP contribution >= 0.6 is 0 Å². The number of carbonyl (C=O) groups is 1. The van der Waals surface area contributed by atoms with Gasteiger partial charge in [0.05, 0.1) is 13.7 Å². The number of piperidine rings is 1. The maximum absolute atomic E-state index is 12.4. The number of nitrogens with zero attached hydrogens (tertiary/aromatic N) is 2. The van der Waals surface area contributed by atoms with Crippen molar-refractivity contribution in [2.75, 3.05) is 40.8 Å². The molecule has 5 nitrogen and oxygen atoms in total. The number of nitrogens with one attached hydrogen (secondary N) is 1. The average Bonchev–Trinajstić information content (AvgIpc) is 2.55. The molecule has 1 atom stereocenters. The van der Waals surface area contributed by atoms with Crippen LogP contribution in [0.1, 0.15) is 18.4 Å². The third-order valence-corrected chi connectivity index (χ3v) is 4.25. The van der Waals surface area contributed by atoms with Crippen LogP contribution in [0.15, 0.2) is 24.3 Å². The van der Waals surface area contributed by atoms with E-state index in [4.69, 9.17) is 4.74 Å². The van der Waals surface area contributed by atoms with Crippen LogP contribution in [0.5, 0.6) is 5.75 Å². The minimum Gasteiger partial charge on any atom is -0.497 e. The fourth-order valence-corrected chi connectivity index (χ4v) is 2.88. The summed E-state index contributed by atoms with van der Waals surface area (Å²) in [5.74, 6) is 0.991. The maximum atomic E-state index is 12.4. The first-order valence-electron chi connectivity index (χ1n) is 7.89. The van der Waals surface area contributed by atoms with Gasteiger partial charge < -0.3 is 15.0 Å². The Morgan fingerprint density at radius 3 is 3.05 bits per heavy atom. The summed E-state index contributed by atoms with van der Waals surface area (Å²) in [4.78, 5) is 16.4. The minimum absolute atomic E-state index is 0.166. The Kier molecular flexibility index (Phi) is 6.21. The van der Waals surface area contributed by atoms with E-state index < -0.39 is 0 Å². The Labute approximate surface area is 133 Å². The van der Waals surface area contributed by atoms with Crippen molar-refractivity contribution in [1.82, 2.24) is 15.1 Å². The van der Waals surface area contributed by atoms with Crippen molar-refractivity contribution in [3.8, 4) is 5.75 Å². The zero-order valence-electron chi connectivity index (χ0n) is 13.8. The third-order valence-electron chi connectivity index (χ3n) is 4.25. The highest BCUT2D eigenvalue weighted by molar-refractivity contribution is 5.78. The molecule has 1 amide bonds. The molecular weight excluding hydrogens is 278 g/mol. The van der Waals surface area contributed by atoms with Crippen LogP contribution in [0.25, 0.3) is 0 Å². The number of rotatable bonds is 6. The highest BCUT2D eigenvalue weighted by Crippen LogP contribution is 2.14. The van der Waals surface area contributed by atoms with Crippen LogP contribution in [-0.2, 0) is 11.3 Å². The first-order chi connectivity index (χ1) is 10.6. The Bertz CT molecular complexity index is 493. The van der Waals surface area contributed by atoms with Crippen molar-refractivity contribution in [2.24, 2.45) is 0 Å². The van der Waals surface area contributed by atoms with E-state index in [1.807, 2.05) is 38.4 Å². The van der Waals surface area contributed by atoms with Gasteiger partial charge in [0.1, 0.15) is 5.75 Å². The Morgan fingerprint density at radius 1 is 1.50 bits per heavy atom. The maximum Gasteiger partial charge on any atom is 0.236 e. The van der Waals surface area contributed by atoms with Crippen molar-refractivity contribution in [3.05, 3.63) is 29.8 Å². The van der Waals surface area contributed by atoms with Gasteiger partial charge in [0, 0.05) is 26.2 Å². The van der Waals surface area contributed by atoms with Crippen LogP contribution < -0.4 is 10.1 Å². The highest BCUT2D eigenvalue weighted by Gasteiger charge is 2.21. The molecule has 0 radical (unpaired) electrons. The molecular formula is C17H27N3O2. The van der Waals surface area contributed by atoms with Crippen LogP contribution in [0.3, 0.4) is 0 Å². The fraction of sp³-hybridized carbons (Fsp3) is 0.588. The molecule has 0 bridgehead atoms. The van der Waals surface area contributed by atoms with Gasteiger partial charge in [-0.2, -0.15) is 0 Å². The van der Waals surface area contributed by atoms with Crippen LogP contribution in [0.4, 0.5) is 0 Å². The molecule has 1 saturated heterocycles. The molecule has 1 heterocycles. The van der Waals surface area contributed by atoms with E-state index in [0.717, 1.165) is 30.8 Å². The van der Waals surface area contributed by atoms with E-state index in [9.17, 15) is 4.79 Å². The lowest BCUT2D eigenvalue weighted by atomic mass is 10.1. The number of methoxy groups -OCH3 is 1. The summed E-state index contributed by atoms with van der Waals surface area (Å²) in [6.07, 6.45) is 2.35. The molecule has 1 aliphatic rings. The van der Waals surface area contributed by atoms with E-state index in [1.165, 1.54) is 6.42 Å². The molecule has 0 aliphatic carbocycles. The summed E-state index contributed by atoms with van der Waals surface area (Å²) in [5, 5.41) is 3.31. The van der Waals surface area contributed by atoms with E-state index >= 15 is 0 Å². The molecule has 0 saturated carbocycles. The SMILES string of the molecule is CNC1CCCN(CC(=O)N(C)Cc2cccc(OC)c2)C1. The number of likely N-dealkylation sites (tertiary alicyclic amines) is 1. The van der Waals surface area contributed by atoms with Crippen molar-refractivity contribution in [1.29, 1.82) is 0 Å². The van der Waals surface area contributed by atoms with Gasteiger partial charge in [-0.3, -0.25) is 9.69 Å². The summed E-state index contributed by atoms with van der Waals surface area (Å²) >= 11 is 0. The molecule has 122 valence electrons. The van der Waals surface area contributed by atoms with E-state index in [0.29, 0.717) is 19.1 Å². The van der Waals surface area contributed by atoms with Crippen LogP contribution in [-0.4, -0.2) is 62.6 Å². The number of carbonyl (C=O) groups excluding carboxylic acids is 1. The second-order valence-electron chi connectivity index (χ2n) is 5.96. The molecule has 1 aromatic carbocycles. The number of amides is 1. The number of benzene rings is 1. The van der Waals surface area contributed by atoms with Gasteiger partial charge in [0.25, 0.3) is 0 Å². The predicted molar refractivity (Wildman–Crippen MR) is 88.0 cm³/mol. The lowest BCUT2D eigenvalue weighted by Gasteiger charge is -2.33. The second-order valence-corrected chi connectivity index (χ2v) is 5.96. The lowest BCUT2D eigenvalue weighted by molar-refractivity contribution is -0.132. The summed E-state index contributed by atoms with van der Waals surface area (Å²) < 4.78 is 5.22. The normalized spacial score (nSPS) is 19.0. The minimum atomic E-state index is 0.166. The third kappa shape index (κ3) is 4.71. The second kappa shape index (κ2) is 8.15. The molecule has 1 N–H and O–H groups in total. The van der Waals surface area contributed by atoms with Crippen molar-refractivity contribution < 1.29 is 9.53 Å². The quantitative estimate of drug-likeness (QED) is 0.861. The lowest BCUT2D eigenvalue weighted by Crippen LogP contribution is -2.48. The van der Waals surface area contributed by atoms with E-state index in [-0.39, 0.29) is 5.91 Å². The molecule has 0 spiro atoms. The fourth-order valence-electron chi connectivity index (χ4n) is 2.88. The molecule has 1 aromatic rings. The molecule has 0 aromatic heterocycles. The van der Waals surface area contributed by atoms with Gasteiger partial charge in [-0.15, -0.1) is 0 Å². The molecule has 1 aliphatic heterocycles. The largest absolute Gasteiger partial charge is 0.497 e. The molecule has 22 heavy (non-hydrogen) atoms. The summed E-state index contributed by atoms with van der Waals surface area (Å²) in [6, 6.07) is 8.36. The summed E-state index contributed by atoms with van der Waals surface area (Å²) in [7, 11) is 5.51. The smallest absolute Gasteiger partial charge is 0.236 e. The summed E-state index contributed by atoms with van der Waals surface area (Å²) in [6.45, 7) is 3.07. The van der Waals surface area contributed by atoms with Crippen LogP contribution in [0, 0.1) is 0 Å². The van der Waals surface area contributed by atoms with Crippen molar-refractivity contribution in [2.45, 2.75) is 25.4 Å². The van der Waals surface area contributed by atoms with Gasteiger partial charge in [-0.1, -0.05) is 12.1 Å². The first kappa shape index (κ1) is 16.8. The number of likely N-dealkylation sites (N-methyl/N-ethyl adjacent to an activating group) is 2. The van der Waals surface area contributed by atoms with Gasteiger partial charge >= 0.3 is 0 Å². The number of ether oxygens (including phenoxy) is 1. The highest BCUT2D eigenvalue weighted by atomic mass is 16.5. The van der Waals surface area contributed by atoms with Gasteiger partial charge in [0.2, 0.25) is 5.91 Å². The Balaban J connectivity index is 1.86. The monoisotopic (exact) mass is 305 g/mol. The van der Waals surface area contributed by atoms with E-state index in [1.54, 1.807) is 12.0 Å². The van der Waals surface area contributed by atoms with Gasteiger partial charge in [-0.05, 0) is 44.1 Å². The molecule has 1 unspecified atom stereocenters. The van der Waals surface area contributed by atoms with E-state index in [2.05, 4.69) is 10.2 Å². The zero-order chi connectivity index (χ0) is 15.9. The molecule has 2 rings (SSSR count). The molecule has 1 fully saturated rings. The summed E-state index contributed by atoms with van der Waals surface area (Å²) in [5.41, 5.74) is 1.09. The van der Waals surface area contributed by atoms with Crippen molar-refractivity contribution >= 4 is 5.91 Å². The van der Waals surface area contributed by atoms with Crippen LogP contribution in [0.2, 0.25) is 0 Å². The standard InChI is InChI=1S/C17H27N3O2/c1-18-15-7-5-9-20(12-15)13-17(21)19(2)11-14-6-4-8-16(10-14)22-3/h4,6,8,10,15,18H,5,7,9,11-13H2,1-3H3. The van der Waals surface area contributed by atoms with Gasteiger partial charge in [0.15, 0.2) is 0 Å². The predicted octanol–water partition coefficient (Wildman–Crippen LogP) is 1.34. The first-order valence-corrected chi connectivity index (χ1v) is 7.89. The number of hydrogen-bond acceptors (Lipinski definition) is 4.